The summed E-state index contributed by atoms with van der Waals surface area (Å²) in [6, 6.07) is 0. The van der Waals surface area contributed by atoms with Crippen molar-refractivity contribution in [3.8, 4) is 11.8 Å². The first kappa shape index (κ1) is 17.7. The summed E-state index contributed by atoms with van der Waals surface area (Å²) >= 11 is 0. The van der Waals surface area contributed by atoms with E-state index < -0.39 is 0 Å². The minimum atomic E-state index is 0.593. The molecule has 0 aromatic carbocycles. The molecule has 0 aliphatic heterocycles. The van der Waals surface area contributed by atoms with Gasteiger partial charge in [0.2, 0.25) is 0 Å². The molecule has 136 valence electrons. The highest BCUT2D eigenvalue weighted by molar-refractivity contribution is 5.44. The van der Waals surface area contributed by atoms with Crippen LogP contribution in [0.2, 0.25) is 0 Å². The molecule has 1 saturated carbocycles. The molecule has 0 radical (unpaired) electrons. The van der Waals surface area contributed by atoms with Crippen molar-refractivity contribution < 1.29 is 0 Å². The minimum absolute atomic E-state index is 0.593. The van der Waals surface area contributed by atoms with E-state index in [2.05, 4.69) is 60.4 Å². The second-order valence-corrected chi connectivity index (χ2v) is 8.49. The average molecular weight is 345 g/mol. The van der Waals surface area contributed by atoms with Crippen molar-refractivity contribution in [2.45, 2.75) is 64.2 Å². The molecule has 0 heteroatoms. The maximum Gasteiger partial charge on any atom is 0.00637 e. The summed E-state index contributed by atoms with van der Waals surface area (Å²) < 4.78 is 0. The zero-order chi connectivity index (χ0) is 17.6. The van der Waals surface area contributed by atoms with Crippen LogP contribution in [0.25, 0.3) is 0 Å². The molecule has 4 aliphatic carbocycles. The van der Waals surface area contributed by atoms with Crippen LogP contribution in [0.15, 0.2) is 59.8 Å². The standard InChI is InChI=1S/C26H32/c1-3-9-21(10-4-1)15-16-24-13-7-8-14-26(24)25-19-17-23(18-20-25)22-11-5-2-6-12-22/h1,3,7-9,13,17,19,22-23,25-26H,2,4-6,10-12,14,18,20H2. The lowest BCUT2D eigenvalue weighted by molar-refractivity contribution is 0.247. The largest absolute Gasteiger partial charge is 0.0848 e. The van der Waals surface area contributed by atoms with Crippen LogP contribution < -0.4 is 0 Å². The number of rotatable bonds is 2. The molecular formula is C26H32. The zero-order valence-corrected chi connectivity index (χ0v) is 16.0. The van der Waals surface area contributed by atoms with Crippen molar-refractivity contribution in [3.63, 3.8) is 0 Å². The Morgan fingerprint density at radius 3 is 2.35 bits per heavy atom. The zero-order valence-electron chi connectivity index (χ0n) is 16.0. The van der Waals surface area contributed by atoms with Crippen LogP contribution in [-0.4, -0.2) is 0 Å². The Morgan fingerprint density at radius 1 is 0.769 bits per heavy atom. The fourth-order valence-electron chi connectivity index (χ4n) is 5.20. The van der Waals surface area contributed by atoms with Crippen molar-refractivity contribution in [1.29, 1.82) is 0 Å². The van der Waals surface area contributed by atoms with Gasteiger partial charge in [0, 0.05) is 17.1 Å². The van der Waals surface area contributed by atoms with Gasteiger partial charge in [-0.2, -0.15) is 0 Å². The van der Waals surface area contributed by atoms with Crippen LogP contribution in [0.4, 0.5) is 0 Å². The predicted octanol–water partition coefficient (Wildman–Crippen LogP) is 6.93. The first-order valence-electron chi connectivity index (χ1n) is 10.8. The summed E-state index contributed by atoms with van der Waals surface area (Å²) in [7, 11) is 0. The van der Waals surface area contributed by atoms with Crippen LogP contribution in [0.3, 0.4) is 0 Å². The fraction of sp³-hybridized carbons (Fsp3) is 0.538. The summed E-state index contributed by atoms with van der Waals surface area (Å²) in [6.07, 6.45) is 31.9. The Labute approximate surface area is 159 Å². The van der Waals surface area contributed by atoms with E-state index in [1.165, 1.54) is 56.1 Å². The maximum atomic E-state index is 3.54. The summed E-state index contributed by atoms with van der Waals surface area (Å²) in [5, 5.41) is 0. The predicted molar refractivity (Wildman–Crippen MR) is 111 cm³/mol. The Hall–Kier alpha value is -1.74. The van der Waals surface area contributed by atoms with E-state index in [1.54, 1.807) is 0 Å². The van der Waals surface area contributed by atoms with Crippen LogP contribution in [-0.2, 0) is 0 Å². The van der Waals surface area contributed by atoms with Gasteiger partial charge in [0.25, 0.3) is 0 Å². The van der Waals surface area contributed by atoms with Gasteiger partial charge in [-0.25, -0.2) is 0 Å². The first-order valence-corrected chi connectivity index (χ1v) is 10.8. The minimum Gasteiger partial charge on any atom is -0.0848 e. The normalized spacial score (nSPS) is 31.8. The van der Waals surface area contributed by atoms with Gasteiger partial charge in [-0.05, 0) is 62.7 Å². The highest BCUT2D eigenvalue weighted by Gasteiger charge is 2.29. The monoisotopic (exact) mass is 344 g/mol. The molecule has 1 fully saturated rings. The summed E-state index contributed by atoms with van der Waals surface area (Å²) in [4.78, 5) is 0. The molecule has 3 atom stereocenters. The molecule has 0 heterocycles. The van der Waals surface area contributed by atoms with E-state index >= 15 is 0 Å². The van der Waals surface area contributed by atoms with Crippen LogP contribution in [0.5, 0.6) is 0 Å². The summed E-state index contributed by atoms with van der Waals surface area (Å²) in [5.41, 5.74) is 2.65. The molecule has 0 amide bonds. The van der Waals surface area contributed by atoms with E-state index in [0.717, 1.165) is 31.1 Å². The van der Waals surface area contributed by atoms with Gasteiger partial charge < -0.3 is 0 Å². The third kappa shape index (κ3) is 4.32. The van der Waals surface area contributed by atoms with Crippen molar-refractivity contribution in [2.24, 2.45) is 23.7 Å². The molecule has 0 aromatic rings. The molecule has 0 saturated heterocycles. The molecule has 4 rings (SSSR count). The molecule has 0 N–H and O–H groups in total. The highest BCUT2D eigenvalue weighted by atomic mass is 14.3. The van der Waals surface area contributed by atoms with Gasteiger partial charge in [-0.15, -0.1) is 0 Å². The molecule has 3 unspecified atom stereocenters. The van der Waals surface area contributed by atoms with E-state index in [-0.39, 0.29) is 0 Å². The Morgan fingerprint density at radius 2 is 1.58 bits per heavy atom. The van der Waals surface area contributed by atoms with Gasteiger partial charge in [0.15, 0.2) is 0 Å². The highest BCUT2D eigenvalue weighted by Crippen LogP contribution is 2.40. The van der Waals surface area contributed by atoms with E-state index in [1.807, 2.05) is 0 Å². The second kappa shape index (κ2) is 8.77. The Kier molecular flexibility index (Phi) is 5.96. The molecule has 0 nitrogen and oxygen atoms in total. The van der Waals surface area contributed by atoms with E-state index in [9.17, 15) is 0 Å². The van der Waals surface area contributed by atoms with Gasteiger partial charge in [0.1, 0.15) is 0 Å². The van der Waals surface area contributed by atoms with Crippen LogP contribution >= 0.6 is 0 Å². The van der Waals surface area contributed by atoms with Crippen molar-refractivity contribution in [1.82, 2.24) is 0 Å². The molecule has 0 aromatic heterocycles. The summed E-state index contributed by atoms with van der Waals surface area (Å²) in [6.45, 7) is 0. The lowest BCUT2D eigenvalue weighted by atomic mass is 9.70. The van der Waals surface area contributed by atoms with Crippen LogP contribution in [0, 0.1) is 35.5 Å². The van der Waals surface area contributed by atoms with Crippen LogP contribution in [0.1, 0.15) is 64.2 Å². The molecule has 0 bridgehead atoms. The SMILES string of the molecule is C(#CC1=CC=CCC1C1C=CC(C2CCCCC2)CC1)C1=CC=CCC1. The third-order valence-electron chi connectivity index (χ3n) is 6.79. The maximum absolute atomic E-state index is 3.54. The number of hydrogen-bond acceptors (Lipinski definition) is 0. The molecule has 4 aliphatic rings. The number of hydrogen-bond donors (Lipinski definition) is 0. The summed E-state index contributed by atoms with van der Waals surface area (Å²) in [5.74, 6) is 10.1. The van der Waals surface area contributed by atoms with Crippen molar-refractivity contribution in [3.05, 3.63) is 59.8 Å². The molecular weight excluding hydrogens is 312 g/mol. The molecule has 26 heavy (non-hydrogen) atoms. The Bertz CT molecular complexity index is 694. The van der Waals surface area contributed by atoms with Gasteiger partial charge in [0.05, 0.1) is 0 Å². The van der Waals surface area contributed by atoms with Crippen molar-refractivity contribution in [2.75, 3.05) is 0 Å². The lowest BCUT2D eigenvalue weighted by Crippen LogP contribution is -2.24. The van der Waals surface area contributed by atoms with Gasteiger partial charge in [-0.1, -0.05) is 79.7 Å². The van der Waals surface area contributed by atoms with Crippen molar-refractivity contribution >= 4 is 0 Å². The first-order chi connectivity index (χ1) is 12.9. The van der Waals surface area contributed by atoms with E-state index in [0.29, 0.717) is 11.8 Å². The Balaban J connectivity index is 1.42. The second-order valence-electron chi connectivity index (χ2n) is 8.49. The third-order valence-corrected chi connectivity index (χ3v) is 6.79. The lowest BCUT2D eigenvalue weighted by Gasteiger charge is -2.35. The quantitative estimate of drug-likeness (QED) is 0.376. The average Bonchev–Trinajstić information content (AvgIpc) is 2.74. The topological polar surface area (TPSA) is 0 Å². The molecule has 0 spiro atoms. The van der Waals surface area contributed by atoms with Gasteiger partial charge in [-0.3, -0.25) is 0 Å². The number of allylic oxidation sites excluding steroid dienone is 10. The van der Waals surface area contributed by atoms with E-state index in [4.69, 9.17) is 0 Å². The smallest absolute Gasteiger partial charge is 0.00637 e. The van der Waals surface area contributed by atoms with Gasteiger partial charge >= 0.3 is 0 Å². The fourth-order valence-corrected chi connectivity index (χ4v) is 5.20.